The number of carbonyl (C=O) groups excluding carboxylic acids is 1. The minimum Gasteiger partial charge on any atom is -0.339 e. The van der Waals surface area contributed by atoms with Gasteiger partial charge in [-0.25, -0.2) is 0 Å². The van der Waals surface area contributed by atoms with Crippen LogP contribution in [0.2, 0.25) is 0 Å². The fourth-order valence-electron chi connectivity index (χ4n) is 3.83. The molecule has 2 nitrogen and oxygen atoms in total. The molecule has 1 heterocycles. The third-order valence-electron chi connectivity index (χ3n) is 4.18. The van der Waals surface area contributed by atoms with Crippen LogP contribution in [0.4, 0.5) is 0 Å². The third kappa shape index (κ3) is 1.68. The van der Waals surface area contributed by atoms with E-state index in [9.17, 15) is 4.79 Å². The van der Waals surface area contributed by atoms with E-state index in [0.29, 0.717) is 22.8 Å². The first-order valence-electron chi connectivity index (χ1n) is 6.17. The molecule has 86 valence electrons. The number of rotatable bonds is 2. The minimum atomic E-state index is 0.330. The van der Waals surface area contributed by atoms with Gasteiger partial charge in [-0.15, -0.1) is 0 Å². The molecule has 1 saturated heterocycles. The Labute approximate surface area is 93.0 Å². The maximum atomic E-state index is 12.0. The fraction of sp³-hybridized carbons (Fsp3) is 0.923. The average Bonchev–Trinajstić information content (AvgIpc) is 2.53. The van der Waals surface area contributed by atoms with E-state index in [0.717, 1.165) is 19.4 Å². The normalized spacial score (nSPS) is 37.3. The van der Waals surface area contributed by atoms with Gasteiger partial charge in [0.2, 0.25) is 5.91 Å². The van der Waals surface area contributed by atoms with E-state index in [1.807, 2.05) is 0 Å². The Balaban J connectivity index is 2.15. The molecule has 2 rings (SSSR count). The molecule has 1 saturated carbocycles. The molecule has 1 aliphatic carbocycles. The highest BCUT2D eigenvalue weighted by atomic mass is 16.2. The largest absolute Gasteiger partial charge is 0.339 e. The second kappa shape index (κ2) is 3.23. The summed E-state index contributed by atoms with van der Waals surface area (Å²) in [5.74, 6) is 0.374. The summed E-state index contributed by atoms with van der Waals surface area (Å²) in [6.07, 6.45) is 4.19. The lowest BCUT2D eigenvalue weighted by molar-refractivity contribution is -0.136. The first kappa shape index (κ1) is 11.0. The quantitative estimate of drug-likeness (QED) is 0.685. The molecule has 0 aromatic heterocycles. The highest BCUT2D eigenvalue weighted by Crippen LogP contribution is 2.56. The average molecular weight is 209 g/mol. The Morgan fingerprint density at radius 2 is 2.07 bits per heavy atom. The van der Waals surface area contributed by atoms with E-state index in [2.05, 4.69) is 32.6 Å². The molecule has 0 aromatic rings. The Hall–Kier alpha value is -0.530. The SMILES string of the molecule is CCCC(=O)N1C[C@]2(C)C[C@@H]1C(C)(C)C2. The summed E-state index contributed by atoms with van der Waals surface area (Å²) in [6, 6.07) is 0.501. The van der Waals surface area contributed by atoms with Crippen molar-refractivity contribution in [1.29, 1.82) is 0 Å². The molecule has 0 N–H and O–H groups in total. The molecule has 0 spiro atoms. The van der Waals surface area contributed by atoms with Gasteiger partial charge in [0.05, 0.1) is 0 Å². The highest BCUT2D eigenvalue weighted by Gasteiger charge is 2.56. The van der Waals surface area contributed by atoms with Crippen LogP contribution in [0.25, 0.3) is 0 Å². The first-order chi connectivity index (χ1) is 6.88. The third-order valence-corrected chi connectivity index (χ3v) is 4.18. The smallest absolute Gasteiger partial charge is 0.222 e. The van der Waals surface area contributed by atoms with Gasteiger partial charge in [0, 0.05) is 19.0 Å². The second-order valence-electron chi connectivity index (χ2n) is 6.47. The molecule has 0 unspecified atom stereocenters. The molecule has 2 fully saturated rings. The molecular formula is C13H23NO. The van der Waals surface area contributed by atoms with Crippen molar-refractivity contribution in [3.8, 4) is 0 Å². The summed E-state index contributed by atoms with van der Waals surface area (Å²) in [4.78, 5) is 14.2. The molecule has 1 amide bonds. The summed E-state index contributed by atoms with van der Waals surface area (Å²) in [5.41, 5.74) is 0.730. The van der Waals surface area contributed by atoms with Gasteiger partial charge in [-0.05, 0) is 30.1 Å². The van der Waals surface area contributed by atoms with Gasteiger partial charge in [-0.3, -0.25) is 4.79 Å². The molecule has 2 heteroatoms. The molecule has 0 aromatic carbocycles. The lowest BCUT2D eigenvalue weighted by Crippen LogP contribution is -2.47. The molecule has 1 aliphatic heterocycles. The molecule has 15 heavy (non-hydrogen) atoms. The second-order valence-corrected chi connectivity index (χ2v) is 6.47. The van der Waals surface area contributed by atoms with Crippen molar-refractivity contribution >= 4 is 5.91 Å². The lowest BCUT2D eigenvalue weighted by atomic mass is 9.79. The summed E-state index contributed by atoms with van der Waals surface area (Å²) in [7, 11) is 0. The summed E-state index contributed by atoms with van der Waals surface area (Å²) >= 11 is 0. The zero-order valence-electron chi connectivity index (χ0n) is 10.5. The molecular weight excluding hydrogens is 186 g/mol. The van der Waals surface area contributed by atoms with Crippen LogP contribution in [0.1, 0.15) is 53.4 Å². The number of likely N-dealkylation sites (tertiary alicyclic amines) is 1. The van der Waals surface area contributed by atoms with Crippen LogP contribution < -0.4 is 0 Å². The van der Waals surface area contributed by atoms with E-state index in [1.54, 1.807) is 0 Å². The predicted octanol–water partition coefficient (Wildman–Crippen LogP) is 2.82. The van der Waals surface area contributed by atoms with Crippen LogP contribution in [-0.4, -0.2) is 23.4 Å². The van der Waals surface area contributed by atoms with Crippen molar-refractivity contribution in [3.05, 3.63) is 0 Å². The number of nitrogens with zero attached hydrogens (tertiary/aromatic N) is 1. The van der Waals surface area contributed by atoms with Crippen molar-refractivity contribution in [2.75, 3.05) is 6.54 Å². The Bertz CT molecular complexity index is 282. The Morgan fingerprint density at radius 1 is 1.40 bits per heavy atom. The highest BCUT2D eigenvalue weighted by molar-refractivity contribution is 5.77. The van der Waals surface area contributed by atoms with Crippen LogP contribution in [0.5, 0.6) is 0 Å². The minimum absolute atomic E-state index is 0.330. The topological polar surface area (TPSA) is 20.3 Å². The van der Waals surface area contributed by atoms with E-state index in [1.165, 1.54) is 12.8 Å². The van der Waals surface area contributed by atoms with Crippen molar-refractivity contribution in [1.82, 2.24) is 4.90 Å². The maximum absolute atomic E-state index is 12.0. The van der Waals surface area contributed by atoms with Gasteiger partial charge < -0.3 is 4.90 Å². The Morgan fingerprint density at radius 3 is 2.53 bits per heavy atom. The zero-order chi connectivity index (χ0) is 11.3. The standard InChI is InChI=1S/C13H23NO/c1-5-6-11(15)14-9-13(4)7-10(14)12(2,3)8-13/h10H,5-9H2,1-4H3/t10-,13-/m1/s1. The van der Waals surface area contributed by atoms with Gasteiger partial charge in [0.25, 0.3) is 0 Å². The van der Waals surface area contributed by atoms with Crippen molar-refractivity contribution < 1.29 is 4.79 Å². The molecule has 2 bridgehead atoms. The van der Waals surface area contributed by atoms with E-state index >= 15 is 0 Å². The predicted molar refractivity (Wildman–Crippen MR) is 61.5 cm³/mol. The van der Waals surface area contributed by atoms with Gasteiger partial charge in [0.1, 0.15) is 0 Å². The fourth-order valence-corrected chi connectivity index (χ4v) is 3.83. The number of carbonyl (C=O) groups is 1. The molecule has 0 radical (unpaired) electrons. The zero-order valence-corrected chi connectivity index (χ0v) is 10.5. The Kier molecular flexibility index (Phi) is 2.36. The van der Waals surface area contributed by atoms with Crippen LogP contribution in [0.15, 0.2) is 0 Å². The van der Waals surface area contributed by atoms with Crippen molar-refractivity contribution in [3.63, 3.8) is 0 Å². The van der Waals surface area contributed by atoms with E-state index < -0.39 is 0 Å². The van der Waals surface area contributed by atoms with E-state index in [4.69, 9.17) is 0 Å². The summed E-state index contributed by atoms with van der Waals surface area (Å²) < 4.78 is 0. The number of hydrogen-bond acceptors (Lipinski definition) is 1. The first-order valence-corrected chi connectivity index (χ1v) is 6.17. The number of amides is 1. The van der Waals surface area contributed by atoms with Gasteiger partial charge in [-0.1, -0.05) is 27.7 Å². The molecule has 2 aliphatic rings. The number of piperidine rings is 1. The molecule has 2 atom stereocenters. The van der Waals surface area contributed by atoms with Crippen LogP contribution >= 0.6 is 0 Å². The van der Waals surface area contributed by atoms with Crippen LogP contribution in [0, 0.1) is 10.8 Å². The van der Waals surface area contributed by atoms with Crippen LogP contribution in [-0.2, 0) is 4.79 Å². The summed E-state index contributed by atoms with van der Waals surface area (Å²) in [6.45, 7) is 10.1. The van der Waals surface area contributed by atoms with Gasteiger partial charge >= 0.3 is 0 Å². The van der Waals surface area contributed by atoms with Gasteiger partial charge in [0.15, 0.2) is 0 Å². The summed E-state index contributed by atoms with van der Waals surface area (Å²) in [5, 5.41) is 0. The van der Waals surface area contributed by atoms with E-state index in [-0.39, 0.29) is 0 Å². The van der Waals surface area contributed by atoms with Gasteiger partial charge in [-0.2, -0.15) is 0 Å². The number of hydrogen-bond donors (Lipinski definition) is 0. The number of fused-ring (bicyclic) bond motifs is 2. The van der Waals surface area contributed by atoms with Crippen molar-refractivity contribution in [2.24, 2.45) is 10.8 Å². The maximum Gasteiger partial charge on any atom is 0.222 e. The van der Waals surface area contributed by atoms with Crippen molar-refractivity contribution in [2.45, 2.75) is 59.4 Å². The van der Waals surface area contributed by atoms with Crippen LogP contribution in [0.3, 0.4) is 0 Å². The monoisotopic (exact) mass is 209 g/mol. The lowest BCUT2D eigenvalue weighted by Gasteiger charge is -2.41.